The fraction of sp³-hybridized carbons (Fsp3) is 0.600. The standard InChI is InChI=1S/C25H33N5O6S/c1-25(2,3)22(30-13-18(27-28-30)15-8-9-15)24(33)29-12-16(31)10-19(29)23(32)26-11-17-14-37(34,35)21-7-5-4-6-20(21)36-17/h4-7,13,15-17,19,22,31H,8-12,14H2,1-3H3,(H,26,32)/t16-,17?,19+,22-/m1/s1. The third kappa shape index (κ3) is 5.22. The predicted molar refractivity (Wildman–Crippen MR) is 133 cm³/mol. The Morgan fingerprint density at radius 2 is 1.97 bits per heavy atom. The van der Waals surface area contributed by atoms with Crippen molar-refractivity contribution in [2.45, 2.75) is 75.1 Å². The first kappa shape index (κ1) is 25.7. The van der Waals surface area contributed by atoms with E-state index in [4.69, 9.17) is 4.74 Å². The van der Waals surface area contributed by atoms with Crippen LogP contribution >= 0.6 is 0 Å². The van der Waals surface area contributed by atoms with Gasteiger partial charge in [0.2, 0.25) is 11.8 Å². The lowest BCUT2D eigenvalue weighted by Crippen LogP contribution is -2.52. The summed E-state index contributed by atoms with van der Waals surface area (Å²) in [6.45, 7) is 5.75. The topological polar surface area (TPSA) is 144 Å². The lowest BCUT2D eigenvalue weighted by molar-refractivity contribution is -0.144. The van der Waals surface area contributed by atoms with Gasteiger partial charge >= 0.3 is 0 Å². The number of sulfone groups is 1. The van der Waals surface area contributed by atoms with Crippen molar-refractivity contribution in [2.24, 2.45) is 5.41 Å². The molecule has 200 valence electrons. The van der Waals surface area contributed by atoms with Gasteiger partial charge < -0.3 is 20.1 Å². The molecule has 4 atom stereocenters. The molecule has 3 aliphatic rings. The summed E-state index contributed by atoms with van der Waals surface area (Å²) in [6, 6.07) is 4.79. The first-order chi connectivity index (χ1) is 17.4. The van der Waals surface area contributed by atoms with Crippen LogP contribution in [0.25, 0.3) is 0 Å². The van der Waals surface area contributed by atoms with Crippen molar-refractivity contribution in [3.05, 3.63) is 36.2 Å². The molecule has 1 unspecified atom stereocenters. The molecule has 1 aromatic heterocycles. The summed E-state index contributed by atoms with van der Waals surface area (Å²) in [6.07, 6.45) is 2.40. The predicted octanol–water partition coefficient (Wildman–Crippen LogP) is 1.06. The maximum absolute atomic E-state index is 13.8. The molecule has 2 aliphatic heterocycles. The molecule has 2 aromatic rings. The summed E-state index contributed by atoms with van der Waals surface area (Å²) >= 11 is 0. The quantitative estimate of drug-likeness (QED) is 0.563. The molecule has 5 rings (SSSR count). The van der Waals surface area contributed by atoms with Crippen LogP contribution in [0.5, 0.6) is 5.75 Å². The molecule has 1 saturated heterocycles. The second-order valence-corrected chi connectivity index (χ2v) is 13.3. The van der Waals surface area contributed by atoms with Crippen molar-refractivity contribution >= 4 is 21.7 Å². The molecule has 0 radical (unpaired) electrons. The fourth-order valence-corrected chi connectivity index (χ4v) is 6.68. The average Bonchev–Trinajstić information content (AvgIpc) is 3.43. The lowest BCUT2D eigenvalue weighted by Gasteiger charge is -2.34. The number of hydrogen-bond donors (Lipinski definition) is 2. The molecule has 0 spiro atoms. The van der Waals surface area contributed by atoms with Crippen molar-refractivity contribution in [3.63, 3.8) is 0 Å². The van der Waals surface area contributed by atoms with Gasteiger partial charge in [-0.15, -0.1) is 5.10 Å². The largest absolute Gasteiger partial charge is 0.486 e. The Bertz CT molecular complexity index is 1300. The molecular formula is C25H33N5O6S. The molecular weight excluding hydrogens is 498 g/mol. The Labute approximate surface area is 216 Å². The van der Waals surface area contributed by atoms with Crippen molar-refractivity contribution in [1.82, 2.24) is 25.2 Å². The highest BCUT2D eigenvalue weighted by Crippen LogP contribution is 2.40. The van der Waals surface area contributed by atoms with E-state index in [1.54, 1.807) is 22.9 Å². The number of carbonyl (C=O) groups is 2. The number of ether oxygens (including phenoxy) is 1. The van der Waals surface area contributed by atoms with Crippen molar-refractivity contribution in [3.8, 4) is 5.75 Å². The maximum Gasteiger partial charge on any atom is 0.248 e. The molecule has 2 fully saturated rings. The molecule has 12 heteroatoms. The number of benzene rings is 1. The average molecular weight is 532 g/mol. The van der Waals surface area contributed by atoms with Gasteiger partial charge in [-0.25, -0.2) is 13.1 Å². The van der Waals surface area contributed by atoms with Crippen molar-refractivity contribution < 1.29 is 27.9 Å². The normalized spacial score (nSPS) is 25.7. The highest BCUT2D eigenvalue weighted by molar-refractivity contribution is 7.91. The van der Waals surface area contributed by atoms with Gasteiger partial charge in [0.15, 0.2) is 9.84 Å². The zero-order valence-electron chi connectivity index (χ0n) is 21.2. The van der Waals surface area contributed by atoms with Crippen LogP contribution in [0.15, 0.2) is 35.4 Å². The Hall–Kier alpha value is -2.99. The van der Waals surface area contributed by atoms with E-state index >= 15 is 0 Å². The molecule has 2 amide bonds. The molecule has 1 saturated carbocycles. The summed E-state index contributed by atoms with van der Waals surface area (Å²) in [4.78, 5) is 28.6. The Balaban J connectivity index is 1.29. The van der Waals surface area contributed by atoms with Gasteiger partial charge in [-0.3, -0.25) is 9.59 Å². The SMILES string of the molecule is CC(C)(C)[C@@H](C(=O)N1C[C@H](O)C[C@H]1C(=O)NCC1CS(=O)(=O)c2ccccc2O1)n1cc(C2CC2)nn1. The number of nitrogens with zero attached hydrogens (tertiary/aromatic N) is 4. The monoisotopic (exact) mass is 531 g/mol. The van der Waals surface area contributed by atoms with Gasteiger partial charge in [0.05, 0.1) is 24.1 Å². The number of amides is 2. The molecule has 2 N–H and O–H groups in total. The first-order valence-corrected chi connectivity index (χ1v) is 14.3. The highest BCUT2D eigenvalue weighted by Gasteiger charge is 2.45. The number of aromatic nitrogens is 3. The van der Waals surface area contributed by atoms with Gasteiger partial charge in [-0.2, -0.15) is 0 Å². The first-order valence-electron chi connectivity index (χ1n) is 12.6. The minimum absolute atomic E-state index is 0.0232. The number of aliphatic hydroxyl groups excluding tert-OH is 1. The second-order valence-electron chi connectivity index (χ2n) is 11.3. The van der Waals surface area contributed by atoms with Gasteiger partial charge in [-0.05, 0) is 30.4 Å². The molecule has 0 bridgehead atoms. The van der Waals surface area contributed by atoms with E-state index in [0.29, 0.717) is 5.92 Å². The fourth-order valence-electron chi connectivity index (χ4n) is 5.11. The van der Waals surface area contributed by atoms with Gasteiger partial charge in [0.1, 0.15) is 28.8 Å². The van der Waals surface area contributed by atoms with Crippen LogP contribution in [0, 0.1) is 5.41 Å². The van der Waals surface area contributed by atoms with Crippen LogP contribution in [-0.4, -0.2) is 82.3 Å². The third-order valence-electron chi connectivity index (χ3n) is 7.09. The smallest absolute Gasteiger partial charge is 0.248 e. The molecule has 1 aromatic carbocycles. The highest BCUT2D eigenvalue weighted by atomic mass is 32.2. The lowest BCUT2D eigenvalue weighted by atomic mass is 9.85. The summed E-state index contributed by atoms with van der Waals surface area (Å²) in [5.41, 5.74) is 0.333. The summed E-state index contributed by atoms with van der Waals surface area (Å²) in [5.74, 6) is -0.402. The minimum atomic E-state index is -3.55. The van der Waals surface area contributed by atoms with E-state index in [9.17, 15) is 23.1 Å². The molecule has 1 aliphatic carbocycles. The van der Waals surface area contributed by atoms with Gasteiger partial charge in [0, 0.05) is 25.1 Å². The van der Waals surface area contributed by atoms with E-state index < -0.39 is 45.5 Å². The second kappa shape index (κ2) is 9.39. The number of β-amino-alcohol motifs (C(OH)–C–C–N with tert-alkyl or cyclic N) is 1. The number of aliphatic hydroxyl groups is 1. The Kier molecular flexibility index (Phi) is 6.51. The summed E-state index contributed by atoms with van der Waals surface area (Å²) in [5, 5.41) is 21.6. The van der Waals surface area contributed by atoms with Crippen LogP contribution < -0.4 is 10.1 Å². The number of para-hydroxylation sites is 1. The number of hydrogen-bond acceptors (Lipinski definition) is 8. The van der Waals surface area contributed by atoms with Crippen molar-refractivity contribution in [2.75, 3.05) is 18.8 Å². The van der Waals surface area contributed by atoms with Crippen LogP contribution in [0.2, 0.25) is 0 Å². The summed E-state index contributed by atoms with van der Waals surface area (Å²) in [7, 11) is -3.55. The Morgan fingerprint density at radius 3 is 2.68 bits per heavy atom. The zero-order chi connectivity index (χ0) is 26.5. The minimum Gasteiger partial charge on any atom is -0.486 e. The summed E-state index contributed by atoms with van der Waals surface area (Å²) < 4.78 is 32.6. The maximum atomic E-state index is 13.8. The van der Waals surface area contributed by atoms with Gasteiger partial charge in [0.25, 0.3) is 0 Å². The van der Waals surface area contributed by atoms with Crippen LogP contribution in [0.1, 0.15) is 57.7 Å². The molecule has 11 nitrogen and oxygen atoms in total. The molecule has 37 heavy (non-hydrogen) atoms. The molecule has 3 heterocycles. The number of rotatable bonds is 6. The van der Waals surface area contributed by atoms with E-state index in [0.717, 1.165) is 18.5 Å². The van der Waals surface area contributed by atoms with E-state index in [2.05, 4.69) is 15.6 Å². The van der Waals surface area contributed by atoms with E-state index in [1.165, 1.54) is 11.0 Å². The van der Waals surface area contributed by atoms with Crippen molar-refractivity contribution in [1.29, 1.82) is 0 Å². The van der Waals surface area contributed by atoms with Crippen LogP contribution in [0.3, 0.4) is 0 Å². The van der Waals surface area contributed by atoms with E-state index in [1.807, 2.05) is 27.0 Å². The number of carbonyl (C=O) groups excluding carboxylic acids is 2. The van der Waals surface area contributed by atoms with Crippen LogP contribution in [0.4, 0.5) is 0 Å². The number of nitrogens with one attached hydrogen (secondary N) is 1. The van der Waals surface area contributed by atoms with E-state index in [-0.39, 0.29) is 41.8 Å². The number of fused-ring (bicyclic) bond motifs is 1. The third-order valence-corrected chi connectivity index (χ3v) is 8.91. The number of likely N-dealkylation sites (tertiary alicyclic amines) is 1. The Morgan fingerprint density at radius 1 is 1.24 bits per heavy atom. The zero-order valence-corrected chi connectivity index (χ0v) is 22.0. The van der Waals surface area contributed by atoms with Gasteiger partial charge in [-0.1, -0.05) is 38.1 Å². The van der Waals surface area contributed by atoms with Crippen LogP contribution in [-0.2, 0) is 19.4 Å².